The van der Waals surface area contributed by atoms with E-state index in [1.807, 2.05) is 0 Å². The lowest BCUT2D eigenvalue weighted by Crippen LogP contribution is -2.29. The highest BCUT2D eigenvalue weighted by atomic mass is 19.1. The van der Waals surface area contributed by atoms with Crippen molar-refractivity contribution in [3.8, 4) is 0 Å². The molecule has 7 nitrogen and oxygen atoms in total. The molecule has 1 aromatic rings. The van der Waals surface area contributed by atoms with Gasteiger partial charge in [-0.05, 0) is 12.1 Å². The molecule has 21 heavy (non-hydrogen) atoms. The molecular weight excluding hydrogens is 283 g/mol. The lowest BCUT2D eigenvalue weighted by molar-refractivity contribution is -0.384. The normalized spacial score (nSPS) is 21.0. The SMILES string of the molecule is COC(=O)c1ccc([N+](=O)[O-])c(N[C@H]2COC[C@H]2CF)c1. The van der Waals surface area contributed by atoms with E-state index in [0.717, 1.165) is 0 Å². The Morgan fingerprint density at radius 2 is 2.33 bits per heavy atom. The van der Waals surface area contributed by atoms with Gasteiger partial charge in [-0.2, -0.15) is 0 Å². The topological polar surface area (TPSA) is 90.7 Å². The van der Waals surface area contributed by atoms with Crippen LogP contribution in [0.4, 0.5) is 15.8 Å². The van der Waals surface area contributed by atoms with E-state index in [-0.39, 0.29) is 42.1 Å². The van der Waals surface area contributed by atoms with Gasteiger partial charge in [-0.25, -0.2) is 4.79 Å². The van der Waals surface area contributed by atoms with Gasteiger partial charge in [-0.1, -0.05) is 0 Å². The van der Waals surface area contributed by atoms with E-state index in [1.54, 1.807) is 0 Å². The van der Waals surface area contributed by atoms with Crippen LogP contribution in [0.3, 0.4) is 0 Å². The summed E-state index contributed by atoms with van der Waals surface area (Å²) in [5, 5.41) is 13.9. The molecule has 0 spiro atoms. The van der Waals surface area contributed by atoms with Gasteiger partial charge in [0.1, 0.15) is 5.69 Å². The maximum absolute atomic E-state index is 12.8. The Hall–Kier alpha value is -2.22. The number of methoxy groups -OCH3 is 1. The number of hydrogen-bond donors (Lipinski definition) is 1. The van der Waals surface area contributed by atoms with Gasteiger partial charge >= 0.3 is 5.97 Å². The first-order valence-corrected chi connectivity index (χ1v) is 6.33. The maximum atomic E-state index is 12.8. The number of anilines is 1. The first-order valence-electron chi connectivity index (χ1n) is 6.33. The van der Waals surface area contributed by atoms with Gasteiger partial charge in [0.25, 0.3) is 5.69 Å². The zero-order valence-corrected chi connectivity index (χ0v) is 11.4. The Balaban J connectivity index is 2.30. The predicted molar refractivity (Wildman–Crippen MR) is 72.1 cm³/mol. The smallest absolute Gasteiger partial charge is 0.337 e. The van der Waals surface area contributed by atoms with E-state index in [1.165, 1.54) is 25.3 Å². The Kier molecular flexibility index (Phi) is 4.69. The van der Waals surface area contributed by atoms with Gasteiger partial charge in [0, 0.05) is 12.0 Å². The van der Waals surface area contributed by atoms with Crippen molar-refractivity contribution in [2.45, 2.75) is 6.04 Å². The van der Waals surface area contributed by atoms with E-state index in [9.17, 15) is 19.3 Å². The second-order valence-electron chi connectivity index (χ2n) is 4.68. The molecule has 8 heteroatoms. The summed E-state index contributed by atoms with van der Waals surface area (Å²) in [6, 6.07) is 3.49. The van der Waals surface area contributed by atoms with Gasteiger partial charge in [0.15, 0.2) is 0 Å². The monoisotopic (exact) mass is 298 g/mol. The Morgan fingerprint density at radius 1 is 1.57 bits per heavy atom. The molecule has 0 unspecified atom stereocenters. The molecule has 2 atom stereocenters. The summed E-state index contributed by atoms with van der Waals surface area (Å²) in [6.45, 7) is -0.0605. The minimum atomic E-state index is -0.599. The number of benzene rings is 1. The maximum Gasteiger partial charge on any atom is 0.337 e. The number of halogens is 1. The van der Waals surface area contributed by atoms with E-state index >= 15 is 0 Å². The largest absolute Gasteiger partial charge is 0.465 e. The van der Waals surface area contributed by atoms with Gasteiger partial charge in [0.2, 0.25) is 0 Å². The summed E-state index contributed by atoms with van der Waals surface area (Å²) in [7, 11) is 1.22. The molecule has 1 fully saturated rings. The lowest BCUT2D eigenvalue weighted by atomic mass is 10.0. The number of alkyl halides is 1. The summed E-state index contributed by atoms with van der Waals surface area (Å²) in [5.41, 5.74) is 0.144. The zero-order chi connectivity index (χ0) is 15.4. The molecule has 0 radical (unpaired) electrons. The second-order valence-corrected chi connectivity index (χ2v) is 4.68. The number of carbonyl (C=O) groups is 1. The molecule has 0 aromatic heterocycles. The van der Waals surface area contributed by atoms with Gasteiger partial charge in [-0.3, -0.25) is 14.5 Å². The fourth-order valence-corrected chi connectivity index (χ4v) is 2.17. The Labute approximate surface area is 120 Å². The molecule has 0 amide bonds. The van der Waals surface area contributed by atoms with Crippen molar-refractivity contribution in [1.29, 1.82) is 0 Å². The third-order valence-corrected chi connectivity index (χ3v) is 3.35. The molecule has 1 heterocycles. The van der Waals surface area contributed by atoms with Crippen LogP contribution in [0.2, 0.25) is 0 Å². The molecule has 1 aromatic carbocycles. The minimum absolute atomic E-state index is 0.150. The number of nitrogens with one attached hydrogen (secondary N) is 1. The molecule has 1 aliphatic heterocycles. The van der Waals surface area contributed by atoms with Crippen molar-refractivity contribution in [1.82, 2.24) is 0 Å². The van der Waals surface area contributed by atoms with Crippen LogP contribution < -0.4 is 5.32 Å². The van der Waals surface area contributed by atoms with Crippen molar-refractivity contribution in [2.24, 2.45) is 5.92 Å². The van der Waals surface area contributed by atoms with Crippen molar-refractivity contribution in [2.75, 3.05) is 32.3 Å². The predicted octanol–water partition coefficient (Wildman–Crippen LogP) is 1.78. The quantitative estimate of drug-likeness (QED) is 0.506. The van der Waals surface area contributed by atoms with Crippen LogP contribution >= 0.6 is 0 Å². The number of nitro groups is 1. The lowest BCUT2D eigenvalue weighted by Gasteiger charge is -2.18. The van der Waals surface area contributed by atoms with Crippen LogP contribution in [0.5, 0.6) is 0 Å². The molecule has 1 N–H and O–H groups in total. The Bertz CT molecular complexity index is 551. The summed E-state index contributed by atoms with van der Waals surface area (Å²) >= 11 is 0. The molecule has 0 bridgehead atoms. The third-order valence-electron chi connectivity index (χ3n) is 3.35. The number of carbonyl (C=O) groups excluding carboxylic acids is 1. The molecule has 0 saturated carbocycles. The van der Waals surface area contributed by atoms with Crippen LogP contribution in [0.1, 0.15) is 10.4 Å². The average molecular weight is 298 g/mol. The summed E-state index contributed by atoms with van der Waals surface area (Å²) in [5.74, 6) is -0.968. The zero-order valence-electron chi connectivity index (χ0n) is 11.4. The van der Waals surface area contributed by atoms with Gasteiger partial charge < -0.3 is 14.8 Å². The number of esters is 1. The van der Waals surface area contributed by atoms with Crippen LogP contribution in [-0.2, 0) is 9.47 Å². The minimum Gasteiger partial charge on any atom is -0.465 e. The van der Waals surface area contributed by atoms with Crippen LogP contribution in [-0.4, -0.2) is 43.9 Å². The fourth-order valence-electron chi connectivity index (χ4n) is 2.17. The average Bonchev–Trinajstić information content (AvgIpc) is 2.93. The van der Waals surface area contributed by atoms with Crippen molar-refractivity contribution in [3.05, 3.63) is 33.9 Å². The summed E-state index contributed by atoms with van der Waals surface area (Å²) < 4.78 is 22.6. The number of hydrogen-bond acceptors (Lipinski definition) is 6. The van der Waals surface area contributed by atoms with E-state index in [4.69, 9.17) is 4.74 Å². The van der Waals surface area contributed by atoms with Gasteiger partial charge in [0.05, 0.1) is 43.5 Å². The number of nitrogens with zero attached hydrogens (tertiary/aromatic N) is 1. The first-order chi connectivity index (χ1) is 10.1. The van der Waals surface area contributed by atoms with E-state index in [0.29, 0.717) is 0 Å². The molecule has 0 aliphatic carbocycles. The van der Waals surface area contributed by atoms with E-state index < -0.39 is 17.6 Å². The highest BCUT2D eigenvalue weighted by molar-refractivity contribution is 5.91. The number of nitro benzene ring substituents is 1. The summed E-state index contributed by atoms with van der Waals surface area (Å²) in [6.07, 6.45) is 0. The third kappa shape index (κ3) is 3.27. The summed E-state index contributed by atoms with van der Waals surface area (Å²) in [4.78, 5) is 22.0. The second kappa shape index (κ2) is 6.49. The highest BCUT2D eigenvalue weighted by Crippen LogP contribution is 2.29. The van der Waals surface area contributed by atoms with Crippen LogP contribution in [0.25, 0.3) is 0 Å². The van der Waals surface area contributed by atoms with Crippen molar-refractivity contribution < 1.29 is 23.6 Å². The first kappa shape index (κ1) is 15.2. The fraction of sp³-hybridized carbons (Fsp3) is 0.462. The molecule has 114 valence electrons. The van der Waals surface area contributed by atoms with Crippen molar-refractivity contribution >= 4 is 17.3 Å². The van der Waals surface area contributed by atoms with Gasteiger partial charge in [-0.15, -0.1) is 0 Å². The molecule has 1 saturated heterocycles. The van der Waals surface area contributed by atoms with Crippen molar-refractivity contribution in [3.63, 3.8) is 0 Å². The number of ether oxygens (including phenoxy) is 2. The van der Waals surface area contributed by atoms with Crippen LogP contribution in [0, 0.1) is 16.0 Å². The molecule has 1 aliphatic rings. The Morgan fingerprint density at radius 3 is 2.95 bits per heavy atom. The van der Waals surface area contributed by atoms with E-state index in [2.05, 4.69) is 10.1 Å². The molecular formula is C13H15FN2O5. The number of rotatable bonds is 5. The van der Waals surface area contributed by atoms with Crippen LogP contribution in [0.15, 0.2) is 18.2 Å². The molecule has 2 rings (SSSR count). The standard InChI is InChI=1S/C13H15FN2O5/c1-20-13(17)8-2-3-12(16(18)19)10(4-8)15-11-7-21-6-9(11)5-14/h2-4,9,11,15H,5-7H2,1H3/t9-,11+/m1/s1. The highest BCUT2D eigenvalue weighted by Gasteiger charge is 2.30.